The number of hydrogen-bond donors (Lipinski definition) is 1. The number of nitro benzene ring substituents is 1. The van der Waals surface area contributed by atoms with E-state index in [1.54, 1.807) is 12.1 Å². The fraction of sp³-hybridized carbons (Fsp3) is 0.182. The van der Waals surface area contributed by atoms with Gasteiger partial charge in [0.05, 0.1) is 20.5 Å². The van der Waals surface area contributed by atoms with Crippen LogP contribution in [0.25, 0.3) is 0 Å². The standard InChI is InChI=1S/C22H19ClN4O4S/c23-18-14-16(24-21(28)15-3-1-4-17(13-15)27(30)31)6-7-19(18)25-8-10-26(11-9-25)22(29)20-5-2-12-32-20/h1-7,12-14H,8-11H2,(H,24,28). The molecule has 0 atom stereocenters. The zero-order valence-electron chi connectivity index (χ0n) is 16.9. The minimum atomic E-state index is -0.545. The maximum absolute atomic E-state index is 12.5. The van der Waals surface area contributed by atoms with E-state index >= 15 is 0 Å². The number of piperazine rings is 1. The summed E-state index contributed by atoms with van der Waals surface area (Å²) in [6, 6.07) is 14.4. The van der Waals surface area contributed by atoms with Gasteiger partial charge in [-0.15, -0.1) is 11.3 Å². The summed E-state index contributed by atoms with van der Waals surface area (Å²) in [4.78, 5) is 40.0. The molecular weight excluding hydrogens is 452 g/mol. The minimum absolute atomic E-state index is 0.0463. The molecule has 1 aromatic heterocycles. The highest BCUT2D eigenvalue weighted by Crippen LogP contribution is 2.30. The van der Waals surface area contributed by atoms with Gasteiger partial charge in [0.25, 0.3) is 17.5 Å². The number of nitro groups is 1. The van der Waals surface area contributed by atoms with E-state index in [-0.39, 0.29) is 17.2 Å². The van der Waals surface area contributed by atoms with Crippen LogP contribution in [0.1, 0.15) is 20.0 Å². The second-order valence-corrected chi connectivity index (χ2v) is 8.54. The van der Waals surface area contributed by atoms with Gasteiger partial charge in [-0.2, -0.15) is 0 Å². The zero-order chi connectivity index (χ0) is 22.7. The Morgan fingerprint density at radius 3 is 2.47 bits per heavy atom. The second kappa shape index (κ2) is 9.37. The smallest absolute Gasteiger partial charge is 0.270 e. The van der Waals surface area contributed by atoms with E-state index in [2.05, 4.69) is 10.2 Å². The third kappa shape index (κ3) is 4.74. The first-order valence-electron chi connectivity index (χ1n) is 9.85. The monoisotopic (exact) mass is 470 g/mol. The number of amides is 2. The quantitative estimate of drug-likeness (QED) is 0.436. The molecule has 2 heterocycles. The Hall–Kier alpha value is -3.43. The third-order valence-corrected chi connectivity index (χ3v) is 6.32. The lowest BCUT2D eigenvalue weighted by molar-refractivity contribution is -0.384. The van der Waals surface area contributed by atoms with Gasteiger partial charge in [-0.1, -0.05) is 23.7 Å². The molecule has 0 saturated carbocycles. The molecule has 2 aromatic carbocycles. The highest BCUT2D eigenvalue weighted by atomic mass is 35.5. The van der Waals surface area contributed by atoms with Gasteiger partial charge in [0, 0.05) is 49.6 Å². The summed E-state index contributed by atoms with van der Waals surface area (Å²) in [5.74, 6) is -0.414. The summed E-state index contributed by atoms with van der Waals surface area (Å²) in [6.07, 6.45) is 0. The van der Waals surface area contributed by atoms with Crippen LogP contribution in [-0.2, 0) is 0 Å². The van der Waals surface area contributed by atoms with Crippen LogP contribution >= 0.6 is 22.9 Å². The van der Waals surface area contributed by atoms with Crippen LogP contribution in [0.3, 0.4) is 0 Å². The van der Waals surface area contributed by atoms with Gasteiger partial charge in [0.1, 0.15) is 0 Å². The number of benzene rings is 2. The van der Waals surface area contributed by atoms with Gasteiger partial charge in [0.2, 0.25) is 0 Å². The number of halogens is 1. The Morgan fingerprint density at radius 1 is 1.03 bits per heavy atom. The molecule has 0 aliphatic carbocycles. The lowest BCUT2D eigenvalue weighted by atomic mass is 10.1. The van der Waals surface area contributed by atoms with Gasteiger partial charge in [-0.25, -0.2) is 0 Å². The molecule has 10 heteroatoms. The molecule has 1 fully saturated rings. The van der Waals surface area contributed by atoms with Gasteiger partial charge in [0.15, 0.2) is 0 Å². The first-order valence-corrected chi connectivity index (χ1v) is 11.1. The first kappa shape index (κ1) is 21.8. The van der Waals surface area contributed by atoms with Crippen LogP contribution in [0.4, 0.5) is 17.1 Å². The van der Waals surface area contributed by atoms with Crippen molar-refractivity contribution in [2.45, 2.75) is 0 Å². The molecule has 1 aliphatic rings. The lowest BCUT2D eigenvalue weighted by Gasteiger charge is -2.36. The average Bonchev–Trinajstić information content (AvgIpc) is 3.34. The number of thiophene rings is 1. The second-order valence-electron chi connectivity index (χ2n) is 7.18. The Labute approximate surface area is 193 Å². The number of non-ortho nitro benzene ring substituents is 1. The number of carbonyl (C=O) groups is 2. The minimum Gasteiger partial charge on any atom is -0.367 e. The number of nitrogens with zero attached hydrogens (tertiary/aromatic N) is 3. The van der Waals surface area contributed by atoms with E-state index in [1.165, 1.54) is 35.6 Å². The van der Waals surface area contributed by atoms with Crippen LogP contribution in [-0.4, -0.2) is 47.8 Å². The van der Waals surface area contributed by atoms with Gasteiger partial charge in [-0.05, 0) is 35.7 Å². The van der Waals surface area contributed by atoms with E-state index in [1.807, 2.05) is 28.5 Å². The zero-order valence-corrected chi connectivity index (χ0v) is 18.4. The Kier molecular flexibility index (Phi) is 6.38. The summed E-state index contributed by atoms with van der Waals surface area (Å²) in [5.41, 5.74) is 1.35. The molecule has 4 rings (SSSR count). The number of hydrogen-bond acceptors (Lipinski definition) is 6. The summed E-state index contributed by atoms with van der Waals surface area (Å²) < 4.78 is 0. The van der Waals surface area contributed by atoms with E-state index in [9.17, 15) is 19.7 Å². The molecule has 1 aliphatic heterocycles. The fourth-order valence-electron chi connectivity index (χ4n) is 3.51. The number of nitrogens with one attached hydrogen (secondary N) is 1. The predicted octanol–water partition coefficient (Wildman–Crippen LogP) is 4.52. The number of rotatable bonds is 5. The van der Waals surface area contributed by atoms with Crippen LogP contribution in [0.5, 0.6) is 0 Å². The molecule has 164 valence electrons. The molecule has 3 aromatic rings. The number of carbonyl (C=O) groups excluding carboxylic acids is 2. The summed E-state index contributed by atoms with van der Waals surface area (Å²) in [6.45, 7) is 2.49. The normalized spacial score (nSPS) is 13.7. The summed E-state index contributed by atoms with van der Waals surface area (Å²) >= 11 is 7.92. The highest BCUT2D eigenvalue weighted by molar-refractivity contribution is 7.12. The van der Waals surface area contributed by atoms with E-state index in [4.69, 9.17) is 11.6 Å². The van der Waals surface area contributed by atoms with Crippen molar-refractivity contribution >= 4 is 51.8 Å². The predicted molar refractivity (Wildman–Crippen MR) is 125 cm³/mol. The Bertz CT molecular complexity index is 1160. The molecule has 2 amide bonds. The molecule has 0 unspecified atom stereocenters. The molecule has 1 saturated heterocycles. The van der Waals surface area contributed by atoms with Crippen LogP contribution in [0.15, 0.2) is 60.0 Å². The van der Waals surface area contributed by atoms with Crippen LogP contribution in [0, 0.1) is 10.1 Å². The highest BCUT2D eigenvalue weighted by Gasteiger charge is 2.24. The van der Waals surface area contributed by atoms with Crippen molar-refractivity contribution in [3.05, 3.63) is 85.6 Å². The molecule has 0 bridgehead atoms. The van der Waals surface area contributed by atoms with Crippen molar-refractivity contribution in [1.29, 1.82) is 0 Å². The molecule has 0 spiro atoms. The maximum Gasteiger partial charge on any atom is 0.270 e. The van der Waals surface area contributed by atoms with Crippen molar-refractivity contribution in [2.24, 2.45) is 0 Å². The Balaban J connectivity index is 1.39. The number of anilines is 2. The molecule has 1 N–H and O–H groups in total. The van der Waals surface area contributed by atoms with Gasteiger partial charge in [-0.3, -0.25) is 19.7 Å². The molecule has 8 nitrogen and oxygen atoms in total. The van der Waals surface area contributed by atoms with Crippen LogP contribution in [0.2, 0.25) is 5.02 Å². The first-order chi connectivity index (χ1) is 15.4. The molecular formula is C22H19ClN4O4S. The van der Waals surface area contributed by atoms with Crippen molar-refractivity contribution in [1.82, 2.24) is 4.90 Å². The fourth-order valence-corrected chi connectivity index (χ4v) is 4.50. The average molecular weight is 471 g/mol. The van der Waals surface area contributed by atoms with Gasteiger partial charge < -0.3 is 15.1 Å². The third-order valence-electron chi connectivity index (χ3n) is 5.16. The van der Waals surface area contributed by atoms with Gasteiger partial charge >= 0.3 is 0 Å². The largest absolute Gasteiger partial charge is 0.367 e. The summed E-state index contributed by atoms with van der Waals surface area (Å²) in [5, 5.41) is 16.0. The van der Waals surface area contributed by atoms with Crippen molar-refractivity contribution in [3.63, 3.8) is 0 Å². The lowest BCUT2D eigenvalue weighted by Crippen LogP contribution is -2.48. The van der Waals surface area contributed by atoms with Crippen molar-refractivity contribution in [2.75, 3.05) is 36.4 Å². The van der Waals surface area contributed by atoms with E-state index < -0.39 is 10.8 Å². The SMILES string of the molecule is O=C(Nc1ccc(N2CCN(C(=O)c3cccs3)CC2)c(Cl)c1)c1cccc([N+](=O)[O-])c1. The summed E-state index contributed by atoms with van der Waals surface area (Å²) in [7, 11) is 0. The maximum atomic E-state index is 12.5. The van der Waals surface area contributed by atoms with Crippen molar-refractivity contribution in [3.8, 4) is 0 Å². The van der Waals surface area contributed by atoms with Crippen molar-refractivity contribution < 1.29 is 14.5 Å². The molecule has 0 radical (unpaired) electrons. The van der Waals surface area contributed by atoms with E-state index in [0.29, 0.717) is 36.9 Å². The molecule has 32 heavy (non-hydrogen) atoms. The topological polar surface area (TPSA) is 95.8 Å². The Morgan fingerprint density at radius 2 is 1.81 bits per heavy atom. The van der Waals surface area contributed by atoms with E-state index in [0.717, 1.165) is 10.6 Å². The van der Waals surface area contributed by atoms with Crippen LogP contribution < -0.4 is 10.2 Å².